The van der Waals surface area contributed by atoms with E-state index in [1.54, 1.807) is 17.4 Å². The van der Waals surface area contributed by atoms with E-state index in [0.717, 1.165) is 11.4 Å². The van der Waals surface area contributed by atoms with Crippen LogP contribution in [0.3, 0.4) is 0 Å². The predicted molar refractivity (Wildman–Crippen MR) is 76.6 cm³/mol. The zero-order valence-corrected chi connectivity index (χ0v) is 11.6. The number of nitro groups is 1. The SMILES string of the molecule is CCc1cnc(CNc2ccc([N+](=O)[O-])cc2C#N)s1. The maximum atomic E-state index is 10.7. The Bertz CT molecular complexity index is 675. The van der Waals surface area contributed by atoms with Crippen molar-refractivity contribution in [2.75, 3.05) is 5.32 Å². The minimum atomic E-state index is -0.515. The molecule has 2 rings (SSSR count). The van der Waals surface area contributed by atoms with Gasteiger partial charge in [0.2, 0.25) is 0 Å². The van der Waals surface area contributed by atoms with Crippen molar-refractivity contribution in [3.05, 3.63) is 50.0 Å². The largest absolute Gasteiger partial charge is 0.377 e. The van der Waals surface area contributed by atoms with Crippen LogP contribution in [0.5, 0.6) is 0 Å². The highest BCUT2D eigenvalue weighted by molar-refractivity contribution is 7.11. The van der Waals surface area contributed by atoms with Crippen molar-refractivity contribution in [1.29, 1.82) is 5.26 Å². The summed E-state index contributed by atoms with van der Waals surface area (Å²) in [6.07, 6.45) is 2.78. The number of nitrogens with one attached hydrogen (secondary N) is 1. The van der Waals surface area contributed by atoms with Crippen LogP contribution in [-0.2, 0) is 13.0 Å². The van der Waals surface area contributed by atoms with E-state index in [4.69, 9.17) is 5.26 Å². The molecule has 0 aliphatic rings. The highest BCUT2D eigenvalue weighted by Crippen LogP contribution is 2.22. The quantitative estimate of drug-likeness (QED) is 0.674. The van der Waals surface area contributed by atoms with Crippen molar-refractivity contribution in [3.8, 4) is 6.07 Å². The van der Waals surface area contributed by atoms with Gasteiger partial charge in [-0.3, -0.25) is 10.1 Å². The molecule has 0 fully saturated rings. The normalized spacial score (nSPS) is 10.0. The van der Waals surface area contributed by atoms with Crippen LogP contribution in [0, 0.1) is 21.4 Å². The molecule has 0 radical (unpaired) electrons. The number of aryl methyl sites for hydroxylation is 1. The number of anilines is 1. The zero-order chi connectivity index (χ0) is 14.5. The fourth-order valence-corrected chi connectivity index (χ4v) is 2.46. The van der Waals surface area contributed by atoms with Gasteiger partial charge in [0.25, 0.3) is 5.69 Å². The van der Waals surface area contributed by atoms with Crippen molar-refractivity contribution >= 4 is 22.7 Å². The summed E-state index contributed by atoms with van der Waals surface area (Å²) in [5.41, 5.74) is 0.743. The average molecular weight is 288 g/mol. The van der Waals surface area contributed by atoms with Crippen LogP contribution >= 0.6 is 11.3 Å². The Labute approximate surface area is 119 Å². The predicted octanol–water partition coefficient (Wildman–Crippen LogP) is 3.10. The van der Waals surface area contributed by atoms with Gasteiger partial charge >= 0.3 is 0 Å². The smallest absolute Gasteiger partial charge is 0.270 e. The maximum absolute atomic E-state index is 10.7. The third kappa shape index (κ3) is 3.10. The molecule has 20 heavy (non-hydrogen) atoms. The molecule has 0 unspecified atom stereocenters. The van der Waals surface area contributed by atoms with Gasteiger partial charge in [-0.1, -0.05) is 6.92 Å². The van der Waals surface area contributed by atoms with Crippen molar-refractivity contribution in [3.63, 3.8) is 0 Å². The number of non-ortho nitro benzene ring substituents is 1. The van der Waals surface area contributed by atoms with Gasteiger partial charge in [-0.15, -0.1) is 11.3 Å². The van der Waals surface area contributed by atoms with E-state index < -0.39 is 4.92 Å². The first kappa shape index (κ1) is 14.0. The molecular weight excluding hydrogens is 276 g/mol. The highest BCUT2D eigenvalue weighted by atomic mass is 32.1. The van der Waals surface area contributed by atoms with E-state index in [0.29, 0.717) is 12.2 Å². The first-order valence-corrected chi connectivity index (χ1v) is 6.81. The lowest BCUT2D eigenvalue weighted by molar-refractivity contribution is -0.384. The molecule has 0 atom stereocenters. The van der Waals surface area contributed by atoms with Crippen molar-refractivity contribution in [2.24, 2.45) is 0 Å². The summed E-state index contributed by atoms with van der Waals surface area (Å²) in [7, 11) is 0. The van der Waals surface area contributed by atoms with Crippen LogP contribution in [0.25, 0.3) is 0 Å². The van der Waals surface area contributed by atoms with Gasteiger partial charge in [-0.05, 0) is 12.5 Å². The third-order valence-corrected chi connectivity index (χ3v) is 3.86. The lowest BCUT2D eigenvalue weighted by Crippen LogP contribution is -2.01. The van der Waals surface area contributed by atoms with Gasteiger partial charge in [0.15, 0.2) is 0 Å². The summed E-state index contributed by atoms with van der Waals surface area (Å²) in [6.45, 7) is 2.56. The molecule has 0 bridgehead atoms. The fourth-order valence-electron chi connectivity index (χ4n) is 1.66. The minimum Gasteiger partial charge on any atom is -0.377 e. The Hall–Kier alpha value is -2.46. The Morgan fingerprint density at radius 1 is 1.55 bits per heavy atom. The Morgan fingerprint density at radius 2 is 2.35 bits per heavy atom. The van der Waals surface area contributed by atoms with E-state index in [-0.39, 0.29) is 11.3 Å². The van der Waals surface area contributed by atoms with Crippen LogP contribution in [0.4, 0.5) is 11.4 Å². The van der Waals surface area contributed by atoms with Crippen molar-refractivity contribution in [1.82, 2.24) is 4.98 Å². The van der Waals surface area contributed by atoms with E-state index >= 15 is 0 Å². The Kier molecular flexibility index (Phi) is 4.27. The molecule has 0 aliphatic carbocycles. The summed E-state index contributed by atoms with van der Waals surface area (Å²) < 4.78 is 0. The van der Waals surface area contributed by atoms with E-state index in [9.17, 15) is 10.1 Å². The molecule has 2 aromatic rings. The lowest BCUT2D eigenvalue weighted by Gasteiger charge is -2.06. The van der Waals surface area contributed by atoms with Gasteiger partial charge in [0.05, 0.1) is 22.7 Å². The van der Waals surface area contributed by atoms with Crippen molar-refractivity contribution < 1.29 is 4.92 Å². The first-order chi connectivity index (χ1) is 9.63. The molecule has 1 heterocycles. The first-order valence-electron chi connectivity index (χ1n) is 6.00. The molecule has 0 saturated carbocycles. The summed E-state index contributed by atoms with van der Waals surface area (Å²) in [5, 5.41) is 23.7. The molecule has 0 spiro atoms. The zero-order valence-electron chi connectivity index (χ0n) is 10.8. The van der Waals surface area contributed by atoms with Crippen LogP contribution < -0.4 is 5.32 Å². The molecule has 7 heteroatoms. The number of hydrogen-bond acceptors (Lipinski definition) is 6. The van der Waals surface area contributed by atoms with Crippen LogP contribution in [0.2, 0.25) is 0 Å². The van der Waals surface area contributed by atoms with Crippen molar-refractivity contribution in [2.45, 2.75) is 19.9 Å². The molecule has 6 nitrogen and oxygen atoms in total. The second-order valence-corrected chi connectivity index (χ2v) is 5.23. The molecule has 1 aromatic carbocycles. The molecule has 0 amide bonds. The van der Waals surface area contributed by atoms with E-state index in [1.165, 1.54) is 17.0 Å². The monoisotopic (exact) mass is 288 g/mol. The number of nitro benzene ring substituents is 1. The minimum absolute atomic E-state index is 0.0883. The van der Waals surface area contributed by atoms with Crippen LogP contribution in [0.1, 0.15) is 22.4 Å². The molecule has 0 saturated heterocycles. The third-order valence-electron chi connectivity index (χ3n) is 2.71. The Morgan fingerprint density at radius 3 is 2.95 bits per heavy atom. The average Bonchev–Trinajstić information content (AvgIpc) is 2.92. The maximum Gasteiger partial charge on any atom is 0.270 e. The number of benzene rings is 1. The number of hydrogen-bond donors (Lipinski definition) is 1. The van der Waals surface area contributed by atoms with Gasteiger partial charge in [0.1, 0.15) is 11.1 Å². The van der Waals surface area contributed by atoms with Gasteiger partial charge < -0.3 is 5.32 Å². The Balaban J connectivity index is 2.13. The van der Waals surface area contributed by atoms with E-state index in [1.807, 2.05) is 12.3 Å². The fraction of sp³-hybridized carbons (Fsp3) is 0.231. The molecule has 1 aromatic heterocycles. The summed E-state index contributed by atoms with van der Waals surface area (Å²) in [4.78, 5) is 15.6. The number of aromatic nitrogens is 1. The number of rotatable bonds is 5. The topological polar surface area (TPSA) is 91.8 Å². The van der Waals surface area contributed by atoms with Gasteiger partial charge in [-0.2, -0.15) is 5.26 Å². The molecule has 1 N–H and O–H groups in total. The van der Waals surface area contributed by atoms with Gasteiger partial charge in [-0.25, -0.2) is 4.98 Å². The van der Waals surface area contributed by atoms with E-state index in [2.05, 4.69) is 17.2 Å². The van der Waals surface area contributed by atoms with Crippen LogP contribution in [-0.4, -0.2) is 9.91 Å². The number of nitriles is 1. The number of thiazole rings is 1. The number of nitrogens with zero attached hydrogens (tertiary/aromatic N) is 3. The van der Waals surface area contributed by atoms with Gasteiger partial charge in [0, 0.05) is 23.2 Å². The second-order valence-electron chi connectivity index (χ2n) is 4.03. The summed E-state index contributed by atoms with van der Waals surface area (Å²) >= 11 is 1.61. The molecule has 102 valence electrons. The standard InChI is InChI=1S/C13H12N4O2S/c1-2-11-7-16-13(20-11)8-15-12-4-3-10(17(18)19)5-9(12)6-14/h3-5,7,15H,2,8H2,1H3. The van der Waals surface area contributed by atoms with Crippen LogP contribution in [0.15, 0.2) is 24.4 Å². The second kappa shape index (κ2) is 6.12. The summed E-state index contributed by atoms with van der Waals surface area (Å²) in [5.74, 6) is 0. The highest BCUT2D eigenvalue weighted by Gasteiger charge is 2.10. The summed E-state index contributed by atoms with van der Waals surface area (Å²) in [6, 6.07) is 6.15. The molecule has 0 aliphatic heterocycles. The molecular formula is C13H12N4O2S. The lowest BCUT2D eigenvalue weighted by atomic mass is 10.1.